The van der Waals surface area contributed by atoms with E-state index >= 15 is 0 Å². The van der Waals surface area contributed by atoms with Crippen LogP contribution in [0.1, 0.15) is 19.4 Å². The Bertz CT molecular complexity index is 1300. The maximum Gasteiger partial charge on any atom is 0.308 e. The Morgan fingerprint density at radius 2 is 2.14 bits per heavy atom. The molecule has 0 aliphatic rings. The molecule has 4 rings (SSSR count). The van der Waals surface area contributed by atoms with E-state index < -0.39 is 5.97 Å². The van der Waals surface area contributed by atoms with Crippen LogP contribution in [0.2, 0.25) is 0 Å². The number of pyridine rings is 1. The monoisotopic (exact) mass is 408 g/mol. The third kappa shape index (κ3) is 3.85. The summed E-state index contributed by atoms with van der Waals surface area (Å²) in [7, 11) is 0. The van der Waals surface area contributed by atoms with Crippen LogP contribution >= 0.6 is 11.3 Å². The third-order valence-electron chi connectivity index (χ3n) is 3.92. The van der Waals surface area contributed by atoms with Gasteiger partial charge in [-0.1, -0.05) is 17.4 Å². The van der Waals surface area contributed by atoms with Crippen molar-refractivity contribution in [2.45, 2.75) is 13.8 Å². The van der Waals surface area contributed by atoms with Gasteiger partial charge in [-0.05, 0) is 42.8 Å². The Hall–Kier alpha value is -3.59. The van der Waals surface area contributed by atoms with E-state index in [1.165, 1.54) is 22.8 Å². The number of esters is 1. The topological polar surface area (TPSA) is 95.7 Å². The van der Waals surface area contributed by atoms with Gasteiger partial charge in [-0.25, -0.2) is 0 Å². The normalized spacial score (nSPS) is 11.7. The number of aromatic nitrogens is 4. The second-order valence-corrected chi connectivity index (χ2v) is 7.03. The molecule has 0 saturated heterocycles. The standard InChI is InChI=1S/C20H16N4O4S/c1-3-27-16-9-13(6-7-15(16)28-12(2)25)10-17-19(26)24-20(29-17)22-18(23-24)14-5-4-8-21-11-14/h4-11H,3H2,1-2H3/b17-10-. The summed E-state index contributed by atoms with van der Waals surface area (Å²) in [5.41, 5.74) is 1.23. The fourth-order valence-electron chi connectivity index (χ4n) is 2.72. The lowest BCUT2D eigenvalue weighted by atomic mass is 10.2. The van der Waals surface area contributed by atoms with Crippen molar-refractivity contribution in [2.24, 2.45) is 0 Å². The molecule has 4 aromatic rings. The molecule has 3 heterocycles. The van der Waals surface area contributed by atoms with E-state index in [1.807, 2.05) is 13.0 Å². The number of thiazole rings is 1. The van der Waals surface area contributed by atoms with Gasteiger partial charge in [0.25, 0.3) is 5.56 Å². The lowest BCUT2D eigenvalue weighted by Gasteiger charge is -2.10. The van der Waals surface area contributed by atoms with Gasteiger partial charge in [-0.15, -0.1) is 5.10 Å². The van der Waals surface area contributed by atoms with Crippen molar-refractivity contribution < 1.29 is 14.3 Å². The molecule has 8 nitrogen and oxygen atoms in total. The van der Waals surface area contributed by atoms with Crippen LogP contribution in [0, 0.1) is 0 Å². The lowest BCUT2D eigenvalue weighted by molar-refractivity contribution is -0.132. The van der Waals surface area contributed by atoms with Crippen molar-refractivity contribution in [3.8, 4) is 22.9 Å². The fourth-order valence-corrected chi connectivity index (χ4v) is 3.63. The molecule has 0 unspecified atom stereocenters. The number of carbonyl (C=O) groups excluding carboxylic acids is 1. The maximum absolute atomic E-state index is 12.7. The zero-order valence-corrected chi connectivity index (χ0v) is 16.5. The first-order valence-electron chi connectivity index (χ1n) is 8.82. The van der Waals surface area contributed by atoms with E-state index in [0.717, 1.165) is 11.1 Å². The Morgan fingerprint density at radius 3 is 2.83 bits per heavy atom. The summed E-state index contributed by atoms with van der Waals surface area (Å²) in [6.45, 7) is 3.58. The number of fused-ring (bicyclic) bond motifs is 1. The van der Waals surface area contributed by atoms with Gasteiger partial charge in [-0.2, -0.15) is 9.50 Å². The van der Waals surface area contributed by atoms with E-state index in [4.69, 9.17) is 9.47 Å². The first-order chi connectivity index (χ1) is 14.0. The Kier molecular flexibility index (Phi) is 5.05. The van der Waals surface area contributed by atoms with Gasteiger partial charge >= 0.3 is 5.97 Å². The zero-order chi connectivity index (χ0) is 20.4. The molecule has 0 aliphatic heterocycles. The van der Waals surface area contributed by atoms with Crippen molar-refractivity contribution in [1.29, 1.82) is 0 Å². The van der Waals surface area contributed by atoms with E-state index in [1.54, 1.807) is 42.7 Å². The lowest BCUT2D eigenvalue weighted by Crippen LogP contribution is -2.23. The van der Waals surface area contributed by atoms with Crippen molar-refractivity contribution in [1.82, 2.24) is 19.6 Å². The van der Waals surface area contributed by atoms with Crippen LogP contribution in [0.5, 0.6) is 11.5 Å². The fraction of sp³-hybridized carbons (Fsp3) is 0.150. The minimum Gasteiger partial charge on any atom is -0.490 e. The molecule has 0 radical (unpaired) electrons. The van der Waals surface area contributed by atoms with Crippen LogP contribution in [0.4, 0.5) is 0 Å². The van der Waals surface area contributed by atoms with Gasteiger partial charge in [0.05, 0.1) is 11.1 Å². The smallest absolute Gasteiger partial charge is 0.308 e. The van der Waals surface area contributed by atoms with Gasteiger partial charge in [0.2, 0.25) is 4.96 Å². The van der Waals surface area contributed by atoms with Crippen LogP contribution in [0.15, 0.2) is 47.5 Å². The first kappa shape index (κ1) is 18.8. The van der Waals surface area contributed by atoms with Gasteiger partial charge in [0.15, 0.2) is 17.3 Å². The Labute approximate surface area is 169 Å². The van der Waals surface area contributed by atoms with Crippen molar-refractivity contribution >= 4 is 28.3 Å². The first-order valence-corrected chi connectivity index (χ1v) is 9.63. The molecule has 0 saturated carbocycles. The summed E-state index contributed by atoms with van der Waals surface area (Å²) >= 11 is 1.24. The number of benzene rings is 1. The highest BCUT2D eigenvalue weighted by Gasteiger charge is 2.13. The summed E-state index contributed by atoms with van der Waals surface area (Å²) < 4.78 is 12.5. The maximum atomic E-state index is 12.7. The molecule has 0 fully saturated rings. The number of carbonyl (C=O) groups is 1. The predicted octanol–water partition coefficient (Wildman–Crippen LogP) is 2.08. The van der Waals surface area contributed by atoms with Crippen LogP contribution in [0.25, 0.3) is 22.4 Å². The largest absolute Gasteiger partial charge is 0.490 e. The molecular formula is C20H16N4O4S. The molecule has 3 aromatic heterocycles. The second-order valence-electron chi connectivity index (χ2n) is 6.02. The molecule has 0 spiro atoms. The molecule has 9 heteroatoms. The molecule has 0 atom stereocenters. The van der Waals surface area contributed by atoms with Crippen LogP contribution in [0.3, 0.4) is 0 Å². The van der Waals surface area contributed by atoms with Gasteiger partial charge < -0.3 is 9.47 Å². The number of hydrogen-bond acceptors (Lipinski definition) is 8. The van der Waals surface area contributed by atoms with Gasteiger partial charge in [0.1, 0.15) is 0 Å². The van der Waals surface area contributed by atoms with Crippen molar-refractivity contribution in [3.63, 3.8) is 0 Å². The van der Waals surface area contributed by atoms with E-state index in [9.17, 15) is 9.59 Å². The molecular weight excluding hydrogens is 392 g/mol. The molecule has 1 aromatic carbocycles. The van der Waals surface area contributed by atoms with Crippen LogP contribution < -0.4 is 19.6 Å². The highest BCUT2D eigenvalue weighted by atomic mass is 32.1. The number of nitrogens with zero attached hydrogens (tertiary/aromatic N) is 4. The second kappa shape index (κ2) is 7.80. The molecule has 0 aliphatic carbocycles. The predicted molar refractivity (Wildman–Crippen MR) is 108 cm³/mol. The van der Waals surface area contributed by atoms with Gasteiger partial charge in [-0.3, -0.25) is 14.6 Å². The van der Waals surface area contributed by atoms with E-state index in [2.05, 4.69) is 15.1 Å². The van der Waals surface area contributed by atoms with Gasteiger partial charge in [0, 0.05) is 24.9 Å². The van der Waals surface area contributed by atoms with Crippen molar-refractivity contribution in [3.05, 3.63) is 63.2 Å². The average molecular weight is 408 g/mol. The number of rotatable bonds is 5. The Morgan fingerprint density at radius 1 is 1.28 bits per heavy atom. The summed E-state index contributed by atoms with van der Waals surface area (Å²) in [6, 6.07) is 8.73. The average Bonchev–Trinajstić information content (AvgIpc) is 3.24. The molecule has 29 heavy (non-hydrogen) atoms. The zero-order valence-electron chi connectivity index (χ0n) is 15.7. The highest BCUT2D eigenvalue weighted by Crippen LogP contribution is 2.29. The molecule has 146 valence electrons. The molecule has 0 amide bonds. The van der Waals surface area contributed by atoms with E-state index in [-0.39, 0.29) is 5.56 Å². The van der Waals surface area contributed by atoms with Crippen LogP contribution in [-0.4, -0.2) is 32.2 Å². The third-order valence-corrected chi connectivity index (χ3v) is 4.88. The SMILES string of the molecule is CCOc1cc(/C=c2\sc3nc(-c4cccnc4)nn3c2=O)ccc1OC(C)=O. The summed E-state index contributed by atoms with van der Waals surface area (Å²) in [4.78, 5) is 32.9. The minimum atomic E-state index is -0.431. The van der Waals surface area contributed by atoms with Crippen LogP contribution in [-0.2, 0) is 4.79 Å². The minimum absolute atomic E-state index is 0.255. The quantitative estimate of drug-likeness (QED) is 0.368. The molecule has 0 bridgehead atoms. The van der Waals surface area contributed by atoms with Crippen molar-refractivity contribution in [2.75, 3.05) is 6.61 Å². The summed E-state index contributed by atoms with van der Waals surface area (Å²) in [5.74, 6) is 0.793. The number of hydrogen-bond donors (Lipinski definition) is 0. The molecule has 0 N–H and O–H groups in total. The highest BCUT2D eigenvalue weighted by molar-refractivity contribution is 7.15. The number of ether oxygens (including phenoxy) is 2. The summed E-state index contributed by atoms with van der Waals surface area (Å²) in [5, 5.41) is 4.30. The van der Waals surface area contributed by atoms with E-state index in [0.29, 0.717) is 33.4 Å². The summed E-state index contributed by atoms with van der Waals surface area (Å²) in [6.07, 6.45) is 5.04. The Balaban J connectivity index is 1.73.